The molecule has 18 heavy (non-hydrogen) atoms. The molecule has 0 saturated carbocycles. The molecular weight excluding hydrogens is 234 g/mol. The largest absolute Gasteiger partial charge is 0.477 e. The van der Waals surface area contributed by atoms with Gasteiger partial charge in [-0.15, -0.1) is 0 Å². The third-order valence-electron chi connectivity index (χ3n) is 2.54. The minimum Gasteiger partial charge on any atom is -0.477 e. The average Bonchev–Trinajstić information content (AvgIpc) is 2.96. The topological polar surface area (TPSA) is 80.6 Å². The molecule has 0 unspecified atom stereocenters. The van der Waals surface area contributed by atoms with Crippen molar-refractivity contribution in [2.75, 3.05) is 0 Å². The van der Waals surface area contributed by atoms with Crippen LogP contribution in [0.15, 0.2) is 41.0 Å². The standard InChI is InChI=1S/C12H9N3O3/c16-12(17)9-4-1-5-11-13-10(14-15(9)11)7-8-3-2-6-18-8/h1-6H,7H2,(H,16,17). The van der Waals surface area contributed by atoms with E-state index in [1.54, 1.807) is 24.5 Å². The predicted octanol–water partition coefficient (Wildman–Crippen LogP) is 1.61. The van der Waals surface area contributed by atoms with Gasteiger partial charge in [-0.3, -0.25) is 0 Å². The molecule has 0 aliphatic heterocycles. The number of nitrogens with zero attached hydrogens (tertiary/aromatic N) is 3. The zero-order valence-corrected chi connectivity index (χ0v) is 9.28. The smallest absolute Gasteiger partial charge is 0.354 e. The maximum Gasteiger partial charge on any atom is 0.354 e. The maximum absolute atomic E-state index is 11.0. The van der Waals surface area contributed by atoms with E-state index in [4.69, 9.17) is 9.52 Å². The van der Waals surface area contributed by atoms with Crippen molar-refractivity contribution in [3.8, 4) is 0 Å². The second kappa shape index (κ2) is 3.99. The van der Waals surface area contributed by atoms with Gasteiger partial charge in [0.15, 0.2) is 17.2 Å². The van der Waals surface area contributed by atoms with Crippen LogP contribution >= 0.6 is 0 Å². The van der Waals surface area contributed by atoms with E-state index in [1.165, 1.54) is 10.6 Å². The Balaban J connectivity index is 2.05. The van der Waals surface area contributed by atoms with Gasteiger partial charge in [-0.2, -0.15) is 5.10 Å². The number of aromatic nitrogens is 3. The Morgan fingerprint density at radius 3 is 2.94 bits per heavy atom. The van der Waals surface area contributed by atoms with E-state index in [-0.39, 0.29) is 5.69 Å². The summed E-state index contributed by atoms with van der Waals surface area (Å²) in [5.41, 5.74) is 0.599. The summed E-state index contributed by atoms with van der Waals surface area (Å²) in [5, 5.41) is 13.2. The van der Waals surface area contributed by atoms with E-state index in [1.807, 2.05) is 6.07 Å². The maximum atomic E-state index is 11.0. The summed E-state index contributed by atoms with van der Waals surface area (Å²) in [5.74, 6) is 0.233. The highest BCUT2D eigenvalue weighted by Crippen LogP contribution is 2.10. The van der Waals surface area contributed by atoms with Crippen LogP contribution in [0.1, 0.15) is 22.1 Å². The SMILES string of the molecule is O=C(O)c1cccc2nc(Cc3ccco3)nn12. The third kappa shape index (κ3) is 1.73. The molecule has 0 saturated heterocycles. The Labute approximate surface area is 101 Å². The Morgan fingerprint density at radius 1 is 1.33 bits per heavy atom. The van der Waals surface area contributed by atoms with Crippen molar-refractivity contribution in [3.63, 3.8) is 0 Å². The number of furan rings is 1. The van der Waals surface area contributed by atoms with Crippen molar-refractivity contribution in [2.45, 2.75) is 6.42 Å². The Hall–Kier alpha value is -2.63. The van der Waals surface area contributed by atoms with Gasteiger partial charge in [0.05, 0.1) is 12.7 Å². The van der Waals surface area contributed by atoms with E-state index in [0.29, 0.717) is 17.9 Å². The molecule has 0 atom stereocenters. The van der Waals surface area contributed by atoms with Crippen LogP contribution < -0.4 is 0 Å². The van der Waals surface area contributed by atoms with Gasteiger partial charge in [0, 0.05) is 0 Å². The van der Waals surface area contributed by atoms with Crippen LogP contribution in [-0.4, -0.2) is 25.7 Å². The van der Waals surface area contributed by atoms with Crippen molar-refractivity contribution in [2.24, 2.45) is 0 Å². The number of carboxylic acids is 1. The van der Waals surface area contributed by atoms with E-state index in [0.717, 1.165) is 5.76 Å². The second-order valence-corrected chi connectivity index (χ2v) is 3.77. The Kier molecular flexibility index (Phi) is 2.33. The number of pyridine rings is 1. The monoisotopic (exact) mass is 243 g/mol. The van der Waals surface area contributed by atoms with E-state index in [9.17, 15) is 4.79 Å². The predicted molar refractivity (Wildman–Crippen MR) is 61.5 cm³/mol. The summed E-state index contributed by atoms with van der Waals surface area (Å²) in [6.07, 6.45) is 2.02. The fourth-order valence-corrected chi connectivity index (χ4v) is 1.76. The summed E-state index contributed by atoms with van der Waals surface area (Å²) < 4.78 is 6.53. The van der Waals surface area contributed by atoms with Gasteiger partial charge in [0.25, 0.3) is 0 Å². The van der Waals surface area contributed by atoms with Gasteiger partial charge in [-0.1, -0.05) is 6.07 Å². The third-order valence-corrected chi connectivity index (χ3v) is 2.54. The molecule has 6 heteroatoms. The molecule has 3 aromatic rings. The highest BCUT2D eigenvalue weighted by Gasteiger charge is 2.12. The quantitative estimate of drug-likeness (QED) is 0.755. The zero-order chi connectivity index (χ0) is 12.5. The number of fused-ring (bicyclic) bond motifs is 1. The second-order valence-electron chi connectivity index (χ2n) is 3.77. The lowest BCUT2D eigenvalue weighted by atomic mass is 10.3. The van der Waals surface area contributed by atoms with Gasteiger partial charge in [0.1, 0.15) is 5.76 Å². The Morgan fingerprint density at radius 2 is 2.22 bits per heavy atom. The van der Waals surface area contributed by atoms with Crippen LogP contribution in [-0.2, 0) is 6.42 Å². The number of hydrogen-bond acceptors (Lipinski definition) is 4. The van der Waals surface area contributed by atoms with Crippen LogP contribution in [0.25, 0.3) is 5.65 Å². The first-order valence-electron chi connectivity index (χ1n) is 5.34. The molecule has 0 fully saturated rings. The van der Waals surface area contributed by atoms with Crippen LogP contribution in [0.4, 0.5) is 0 Å². The lowest BCUT2D eigenvalue weighted by Gasteiger charge is -1.96. The number of hydrogen-bond donors (Lipinski definition) is 1. The number of carboxylic acid groups (broad SMARTS) is 1. The van der Waals surface area contributed by atoms with Crippen molar-refractivity contribution in [3.05, 3.63) is 53.9 Å². The number of aromatic carboxylic acids is 1. The highest BCUT2D eigenvalue weighted by atomic mass is 16.4. The lowest BCUT2D eigenvalue weighted by Crippen LogP contribution is -2.05. The molecule has 0 spiro atoms. The number of carbonyl (C=O) groups is 1. The molecule has 0 bridgehead atoms. The van der Waals surface area contributed by atoms with Crippen LogP contribution in [0, 0.1) is 0 Å². The average molecular weight is 243 g/mol. The lowest BCUT2D eigenvalue weighted by molar-refractivity contribution is 0.0687. The first-order valence-corrected chi connectivity index (χ1v) is 5.34. The molecule has 90 valence electrons. The zero-order valence-electron chi connectivity index (χ0n) is 9.28. The first-order chi connectivity index (χ1) is 8.74. The van der Waals surface area contributed by atoms with Gasteiger partial charge < -0.3 is 9.52 Å². The molecule has 0 radical (unpaired) electrons. The molecule has 3 rings (SSSR count). The molecule has 3 heterocycles. The molecular formula is C12H9N3O3. The molecule has 3 aromatic heterocycles. The number of rotatable bonds is 3. The fourth-order valence-electron chi connectivity index (χ4n) is 1.76. The van der Waals surface area contributed by atoms with Gasteiger partial charge in [-0.05, 0) is 24.3 Å². The normalized spacial score (nSPS) is 10.9. The van der Waals surface area contributed by atoms with E-state index in [2.05, 4.69) is 10.1 Å². The summed E-state index contributed by atoms with van der Waals surface area (Å²) in [6.45, 7) is 0. The van der Waals surface area contributed by atoms with Gasteiger partial charge >= 0.3 is 5.97 Å². The van der Waals surface area contributed by atoms with Crippen molar-refractivity contribution < 1.29 is 14.3 Å². The fraction of sp³-hybridized carbons (Fsp3) is 0.0833. The van der Waals surface area contributed by atoms with E-state index >= 15 is 0 Å². The highest BCUT2D eigenvalue weighted by molar-refractivity contribution is 5.86. The molecule has 0 aromatic carbocycles. The Bertz CT molecular complexity index is 701. The van der Waals surface area contributed by atoms with Crippen LogP contribution in [0.3, 0.4) is 0 Å². The molecule has 6 nitrogen and oxygen atoms in total. The van der Waals surface area contributed by atoms with Crippen LogP contribution in [0.2, 0.25) is 0 Å². The van der Waals surface area contributed by atoms with Crippen molar-refractivity contribution in [1.82, 2.24) is 14.6 Å². The minimum absolute atomic E-state index is 0.0886. The molecule has 0 amide bonds. The summed E-state index contributed by atoms with van der Waals surface area (Å²) in [7, 11) is 0. The van der Waals surface area contributed by atoms with Gasteiger partial charge in [0.2, 0.25) is 0 Å². The van der Waals surface area contributed by atoms with Crippen molar-refractivity contribution in [1.29, 1.82) is 0 Å². The van der Waals surface area contributed by atoms with Crippen LogP contribution in [0.5, 0.6) is 0 Å². The van der Waals surface area contributed by atoms with Gasteiger partial charge in [-0.25, -0.2) is 14.3 Å². The summed E-state index contributed by atoms with van der Waals surface area (Å²) in [6, 6.07) is 8.45. The minimum atomic E-state index is -1.03. The van der Waals surface area contributed by atoms with E-state index < -0.39 is 5.97 Å². The van der Waals surface area contributed by atoms with Crippen molar-refractivity contribution >= 4 is 11.6 Å². The molecule has 0 aliphatic carbocycles. The molecule has 0 aliphatic rings. The summed E-state index contributed by atoms with van der Waals surface area (Å²) in [4.78, 5) is 15.3. The molecule has 1 N–H and O–H groups in total. The summed E-state index contributed by atoms with van der Waals surface area (Å²) >= 11 is 0. The first kappa shape index (κ1) is 10.5.